The Morgan fingerprint density at radius 2 is 1.62 bits per heavy atom. The number of halogens is 1. The van der Waals surface area contributed by atoms with Gasteiger partial charge in [-0.05, 0) is 36.2 Å². The molecule has 6 heteroatoms. The third-order valence-corrected chi connectivity index (χ3v) is 8.71. The van der Waals surface area contributed by atoms with Gasteiger partial charge in [-0.25, -0.2) is 0 Å². The molecule has 3 aliphatic rings. The van der Waals surface area contributed by atoms with Gasteiger partial charge in [-0.2, -0.15) is 0 Å². The van der Waals surface area contributed by atoms with Gasteiger partial charge >= 0.3 is 0 Å². The van der Waals surface area contributed by atoms with E-state index in [0.717, 1.165) is 32.2 Å². The highest BCUT2D eigenvalue weighted by molar-refractivity contribution is 9.10. The SMILES string of the molecule is CC(=O)[C@H]1[C@H](c2ccc(Br)cc2)C2(C(=O)c3ccccc3C2=O)[C@H]2C=Cc3ccc4cccnc4c3N12. The van der Waals surface area contributed by atoms with E-state index < -0.39 is 23.4 Å². The molecular weight excluding hydrogens is 528 g/mol. The molecule has 3 aromatic carbocycles. The molecule has 0 N–H and O–H groups in total. The molecule has 1 saturated heterocycles. The van der Waals surface area contributed by atoms with Crippen molar-refractivity contribution in [3.05, 3.63) is 112 Å². The highest BCUT2D eigenvalue weighted by Crippen LogP contribution is 2.61. The number of Topliss-reactive ketones (excluding diaryl/α,β-unsaturated/α-hetero) is 3. The summed E-state index contributed by atoms with van der Waals surface area (Å²) in [6.07, 6.45) is 5.64. The van der Waals surface area contributed by atoms with Gasteiger partial charge in [0.1, 0.15) is 5.41 Å². The Morgan fingerprint density at radius 3 is 2.30 bits per heavy atom. The van der Waals surface area contributed by atoms with Crippen LogP contribution in [0.2, 0.25) is 0 Å². The molecule has 1 aliphatic carbocycles. The smallest absolute Gasteiger partial charge is 0.180 e. The van der Waals surface area contributed by atoms with Gasteiger partial charge in [0.05, 0.1) is 23.3 Å². The zero-order chi connectivity index (χ0) is 25.5. The first-order valence-electron chi connectivity index (χ1n) is 12.2. The number of carbonyl (C=O) groups is 3. The second-order valence-corrected chi connectivity index (χ2v) is 10.9. The summed E-state index contributed by atoms with van der Waals surface area (Å²) in [4.78, 5) is 49.2. The van der Waals surface area contributed by atoms with Crippen LogP contribution in [-0.2, 0) is 4.79 Å². The van der Waals surface area contributed by atoms with Crippen LogP contribution >= 0.6 is 15.9 Å². The van der Waals surface area contributed by atoms with E-state index in [1.165, 1.54) is 0 Å². The minimum atomic E-state index is -1.47. The molecule has 3 atom stereocenters. The Morgan fingerprint density at radius 1 is 0.919 bits per heavy atom. The van der Waals surface area contributed by atoms with E-state index in [1.54, 1.807) is 37.4 Å². The summed E-state index contributed by atoms with van der Waals surface area (Å²) in [5.74, 6) is -1.22. The summed E-state index contributed by atoms with van der Waals surface area (Å²) in [6, 6.07) is 21.2. The van der Waals surface area contributed by atoms with Crippen LogP contribution in [0, 0.1) is 5.41 Å². The third-order valence-electron chi connectivity index (χ3n) is 8.18. The normalized spacial score (nSPS) is 22.9. The Balaban J connectivity index is 1.58. The predicted molar refractivity (Wildman–Crippen MR) is 146 cm³/mol. The molecule has 0 unspecified atom stereocenters. The van der Waals surface area contributed by atoms with Gasteiger partial charge in [0, 0.05) is 33.1 Å². The van der Waals surface area contributed by atoms with Crippen molar-refractivity contribution in [1.29, 1.82) is 0 Å². The van der Waals surface area contributed by atoms with Crippen molar-refractivity contribution < 1.29 is 14.4 Å². The van der Waals surface area contributed by atoms with Crippen LogP contribution in [-0.4, -0.2) is 34.4 Å². The van der Waals surface area contributed by atoms with Crippen LogP contribution < -0.4 is 4.90 Å². The number of benzene rings is 3. The van der Waals surface area contributed by atoms with Crippen LogP contribution in [0.1, 0.15) is 44.7 Å². The number of ketones is 3. The Labute approximate surface area is 222 Å². The van der Waals surface area contributed by atoms with Crippen LogP contribution in [0.3, 0.4) is 0 Å². The minimum absolute atomic E-state index is 0.0967. The summed E-state index contributed by atoms with van der Waals surface area (Å²) < 4.78 is 0.883. The fourth-order valence-corrected chi connectivity index (χ4v) is 7.04. The molecule has 0 amide bonds. The van der Waals surface area contributed by atoms with Gasteiger partial charge in [-0.1, -0.05) is 82.7 Å². The quantitative estimate of drug-likeness (QED) is 0.286. The summed E-state index contributed by atoms with van der Waals surface area (Å²) in [5.41, 5.74) is 2.62. The Bertz CT molecular complexity index is 1660. The van der Waals surface area contributed by atoms with E-state index in [9.17, 15) is 14.4 Å². The second-order valence-electron chi connectivity index (χ2n) is 9.95. The molecule has 37 heavy (non-hydrogen) atoms. The lowest BCUT2D eigenvalue weighted by atomic mass is 9.64. The van der Waals surface area contributed by atoms with E-state index in [1.807, 2.05) is 65.6 Å². The lowest BCUT2D eigenvalue weighted by molar-refractivity contribution is -0.118. The maximum atomic E-state index is 14.5. The second kappa shape index (κ2) is 7.80. The van der Waals surface area contributed by atoms with Gasteiger partial charge in [0.2, 0.25) is 0 Å². The summed E-state index contributed by atoms with van der Waals surface area (Å²) in [6.45, 7) is 1.56. The van der Waals surface area contributed by atoms with Crippen molar-refractivity contribution >= 4 is 55.9 Å². The molecule has 1 fully saturated rings. The third kappa shape index (κ3) is 2.79. The number of rotatable bonds is 2. The van der Waals surface area contributed by atoms with Crippen LogP contribution in [0.15, 0.2) is 89.5 Å². The van der Waals surface area contributed by atoms with Crippen molar-refractivity contribution in [2.75, 3.05) is 4.90 Å². The standard InChI is InChI=1S/C31H21BrN2O3/c1-17(35)27-25(18-10-13-21(32)14-11-18)31(29(36)22-6-2-3-7-23(22)30(31)37)24-15-12-20-9-8-19-5-4-16-33-26(19)28(20)34(24)27/h2-16,24-25,27H,1H3/t24-,25+,27+/m1/s1. The Kier molecular flexibility index (Phi) is 4.70. The van der Waals surface area contributed by atoms with Gasteiger partial charge in [-0.3, -0.25) is 19.4 Å². The van der Waals surface area contributed by atoms with Crippen molar-refractivity contribution in [2.45, 2.75) is 24.9 Å². The van der Waals surface area contributed by atoms with Gasteiger partial charge < -0.3 is 4.90 Å². The first kappa shape index (κ1) is 22.3. The van der Waals surface area contributed by atoms with Gasteiger partial charge in [0.25, 0.3) is 0 Å². The zero-order valence-electron chi connectivity index (χ0n) is 19.9. The first-order valence-corrected chi connectivity index (χ1v) is 13.0. The van der Waals surface area contributed by atoms with Crippen molar-refractivity contribution in [1.82, 2.24) is 4.98 Å². The number of hydrogen-bond donors (Lipinski definition) is 0. The van der Waals surface area contributed by atoms with Crippen LogP contribution in [0.4, 0.5) is 5.69 Å². The van der Waals surface area contributed by atoms with E-state index in [0.29, 0.717) is 11.1 Å². The molecular formula is C31H21BrN2O3. The van der Waals surface area contributed by atoms with E-state index in [-0.39, 0.29) is 17.3 Å². The number of aromatic nitrogens is 1. The summed E-state index contributed by atoms with van der Waals surface area (Å²) >= 11 is 3.50. The van der Waals surface area contributed by atoms with Crippen molar-refractivity contribution in [3.63, 3.8) is 0 Å². The number of fused-ring (bicyclic) bond motifs is 7. The fourth-order valence-electron chi connectivity index (χ4n) is 6.78. The maximum Gasteiger partial charge on any atom is 0.180 e. The molecule has 2 aliphatic heterocycles. The molecule has 3 heterocycles. The fraction of sp³-hybridized carbons (Fsp3) is 0.161. The average Bonchev–Trinajstić information content (AvgIpc) is 3.35. The minimum Gasteiger partial charge on any atom is -0.351 e. The number of carbonyl (C=O) groups excluding carboxylic acids is 3. The first-order chi connectivity index (χ1) is 17.9. The van der Waals surface area contributed by atoms with Crippen molar-refractivity contribution in [3.8, 4) is 0 Å². The molecule has 1 aromatic heterocycles. The number of hydrogen-bond acceptors (Lipinski definition) is 5. The zero-order valence-corrected chi connectivity index (χ0v) is 21.5. The number of pyridine rings is 1. The number of anilines is 1. The van der Waals surface area contributed by atoms with Gasteiger partial charge in [-0.15, -0.1) is 0 Å². The monoisotopic (exact) mass is 548 g/mol. The summed E-state index contributed by atoms with van der Waals surface area (Å²) in [5, 5.41) is 0.936. The molecule has 7 rings (SSSR count). The highest BCUT2D eigenvalue weighted by atomic mass is 79.9. The molecule has 0 bridgehead atoms. The number of nitrogens with zero attached hydrogens (tertiary/aromatic N) is 2. The maximum absolute atomic E-state index is 14.5. The van der Waals surface area contributed by atoms with E-state index >= 15 is 0 Å². The van der Waals surface area contributed by atoms with Crippen LogP contribution in [0.25, 0.3) is 17.0 Å². The van der Waals surface area contributed by atoms with Crippen molar-refractivity contribution in [2.24, 2.45) is 5.41 Å². The highest BCUT2D eigenvalue weighted by Gasteiger charge is 2.71. The lowest BCUT2D eigenvalue weighted by Crippen LogP contribution is -2.48. The largest absolute Gasteiger partial charge is 0.351 e. The molecule has 0 saturated carbocycles. The molecule has 5 nitrogen and oxygen atoms in total. The van der Waals surface area contributed by atoms with E-state index in [4.69, 9.17) is 0 Å². The molecule has 1 spiro atoms. The predicted octanol–water partition coefficient (Wildman–Crippen LogP) is 6.02. The lowest BCUT2D eigenvalue weighted by Gasteiger charge is -2.37. The molecule has 0 radical (unpaired) electrons. The molecule has 4 aromatic rings. The average molecular weight is 549 g/mol. The Hall–Kier alpha value is -3.90. The van der Waals surface area contributed by atoms with E-state index in [2.05, 4.69) is 20.9 Å². The topological polar surface area (TPSA) is 67.3 Å². The van der Waals surface area contributed by atoms with Crippen LogP contribution in [0.5, 0.6) is 0 Å². The molecule has 180 valence electrons. The van der Waals surface area contributed by atoms with Gasteiger partial charge in [0.15, 0.2) is 17.3 Å². The summed E-state index contributed by atoms with van der Waals surface area (Å²) in [7, 11) is 0.